The van der Waals surface area contributed by atoms with Gasteiger partial charge in [-0.2, -0.15) is 0 Å². The first-order valence-corrected chi connectivity index (χ1v) is 8.74. The molecule has 1 unspecified atom stereocenters. The number of hydrogen-bond donors (Lipinski definition) is 1. The number of rotatable bonds is 5. The van der Waals surface area contributed by atoms with E-state index < -0.39 is 6.10 Å². The Morgan fingerprint density at radius 2 is 1.96 bits per heavy atom. The average molecular weight is 323 g/mol. The van der Waals surface area contributed by atoms with Gasteiger partial charge in [0.15, 0.2) is 6.10 Å². The van der Waals surface area contributed by atoms with Gasteiger partial charge in [0.2, 0.25) is 0 Å². The molecule has 3 nitrogen and oxygen atoms in total. The van der Waals surface area contributed by atoms with Crippen molar-refractivity contribution in [3.63, 3.8) is 0 Å². The van der Waals surface area contributed by atoms with E-state index in [4.69, 9.17) is 4.74 Å². The van der Waals surface area contributed by atoms with Crippen LogP contribution in [0.25, 0.3) is 0 Å². The lowest BCUT2D eigenvalue weighted by Crippen LogP contribution is -2.36. The fourth-order valence-corrected chi connectivity index (χ4v) is 3.26. The molecule has 0 saturated carbocycles. The van der Waals surface area contributed by atoms with Gasteiger partial charge < -0.3 is 10.1 Å². The summed E-state index contributed by atoms with van der Waals surface area (Å²) in [6.45, 7) is 4.39. The van der Waals surface area contributed by atoms with Crippen LogP contribution in [0.4, 0.5) is 0 Å². The van der Waals surface area contributed by atoms with Crippen LogP contribution < -0.4 is 10.1 Å². The summed E-state index contributed by atoms with van der Waals surface area (Å²) in [6, 6.07) is 14.3. The Balaban J connectivity index is 1.60. The summed E-state index contributed by atoms with van der Waals surface area (Å²) in [5.74, 6) is 0.787. The van der Waals surface area contributed by atoms with Gasteiger partial charge in [-0.15, -0.1) is 0 Å². The fourth-order valence-electron chi connectivity index (χ4n) is 3.26. The van der Waals surface area contributed by atoms with Crippen molar-refractivity contribution in [1.82, 2.24) is 5.32 Å². The van der Waals surface area contributed by atoms with Gasteiger partial charge in [-0.05, 0) is 62.3 Å². The molecule has 0 bridgehead atoms. The highest BCUT2D eigenvalue weighted by molar-refractivity contribution is 5.80. The van der Waals surface area contributed by atoms with Crippen molar-refractivity contribution in [3.8, 4) is 5.75 Å². The summed E-state index contributed by atoms with van der Waals surface area (Å²) >= 11 is 0. The monoisotopic (exact) mass is 323 g/mol. The molecule has 3 heteroatoms. The quantitative estimate of drug-likeness (QED) is 0.904. The van der Waals surface area contributed by atoms with E-state index in [0.29, 0.717) is 6.54 Å². The SMILES string of the molecule is Cc1cccc(CNC(=O)C(C)Oc2cccc3c2CCCC3)c1. The zero-order chi connectivity index (χ0) is 16.9. The van der Waals surface area contributed by atoms with Crippen LogP contribution in [-0.2, 0) is 24.2 Å². The topological polar surface area (TPSA) is 38.3 Å². The third-order valence-corrected chi connectivity index (χ3v) is 4.58. The molecule has 0 radical (unpaired) electrons. The molecule has 0 fully saturated rings. The third-order valence-electron chi connectivity index (χ3n) is 4.58. The number of nitrogens with one attached hydrogen (secondary N) is 1. The van der Waals surface area contributed by atoms with Crippen LogP contribution in [0.1, 0.15) is 42.0 Å². The second-order valence-electron chi connectivity index (χ2n) is 6.57. The smallest absolute Gasteiger partial charge is 0.261 e. The highest BCUT2D eigenvalue weighted by Gasteiger charge is 2.19. The number of ether oxygens (including phenoxy) is 1. The highest BCUT2D eigenvalue weighted by Crippen LogP contribution is 2.30. The predicted octanol–water partition coefficient (Wildman–Crippen LogP) is 3.96. The maximum atomic E-state index is 12.3. The van der Waals surface area contributed by atoms with Gasteiger partial charge in [0.1, 0.15) is 5.75 Å². The molecule has 0 heterocycles. The molecule has 1 atom stereocenters. The Kier molecular flexibility index (Phi) is 5.19. The molecule has 24 heavy (non-hydrogen) atoms. The van der Waals surface area contributed by atoms with Crippen molar-refractivity contribution >= 4 is 5.91 Å². The largest absolute Gasteiger partial charge is 0.481 e. The van der Waals surface area contributed by atoms with Crippen LogP contribution >= 0.6 is 0 Å². The Morgan fingerprint density at radius 3 is 2.79 bits per heavy atom. The van der Waals surface area contributed by atoms with Crippen molar-refractivity contribution in [2.45, 2.75) is 52.2 Å². The summed E-state index contributed by atoms with van der Waals surface area (Å²) in [7, 11) is 0. The summed E-state index contributed by atoms with van der Waals surface area (Å²) in [6.07, 6.45) is 4.09. The van der Waals surface area contributed by atoms with Crippen LogP contribution in [0.3, 0.4) is 0 Å². The number of benzene rings is 2. The van der Waals surface area contributed by atoms with E-state index in [1.807, 2.05) is 31.2 Å². The number of aryl methyl sites for hydroxylation is 2. The number of amides is 1. The van der Waals surface area contributed by atoms with Crippen molar-refractivity contribution in [1.29, 1.82) is 0 Å². The zero-order valence-electron chi connectivity index (χ0n) is 14.5. The first-order valence-electron chi connectivity index (χ1n) is 8.74. The number of hydrogen-bond acceptors (Lipinski definition) is 2. The second-order valence-corrected chi connectivity index (χ2v) is 6.57. The van der Waals surface area contributed by atoms with Crippen molar-refractivity contribution in [2.75, 3.05) is 0 Å². The van der Waals surface area contributed by atoms with E-state index >= 15 is 0 Å². The molecule has 1 amide bonds. The molecular weight excluding hydrogens is 298 g/mol. The summed E-state index contributed by atoms with van der Waals surface area (Å²) in [4.78, 5) is 12.3. The minimum Gasteiger partial charge on any atom is -0.481 e. The van der Waals surface area contributed by atoms with Gasteiger partial charge in [0, 0.05) is 6.54 Å². The van der Waals surface area contributed by atoms with Gasteiger partial charge in [0.25, 0.3) is 5.91 Å². The zero-order valence-corrected chi connectivity index (χ0v) is 14.5. The lowest BCUT2D eigenvalue weighted by atomic mass is 9.91. The number of carbonyl (C=O) groups is 1. The molecule has 1 aliphatic carbocycles. The Bertz CT molecular complexity index is 724. The van der Waals surface area contributed by atoms with Gasteiger partial charge in [-0.1, -0.05) is 42.0 Å². The first-order chi connectivity index (χ1) is 11.6. The molecule has 0 saturated heterocycles. The van der Waals surface area contributed by atoms with Gasteiger partial charge >= 0.3 is 0 Å². The molecule has 1 N–H and O–H groups in total. The molecule has 126 valence electrons. The minimum atomic E-state index is -0.497. The van der Waals surface area contributed by atoms with E-state index in [0.717, 1.165) is 24.2 Å². The number of carbonyl (C=O) groups excluding carboxylic acids is 1. The maximum Gasteiger partial charge on any atom is 0.261 e. The Labute approximate surface area is 144 Å². The molecule has 0 aliphatic heterocycles. The van der Waals surface area contributed by atoms with Crippen molar-refractivity contribution in [2.24, 2.45) is 0 Å². The molecule has 1 aliphatic rings. The lowest BCUT2D eigenvalue weighted by molar-refractivity contribution is -0.127. The van der Waals surface area contributed by atoms with Crippen molar-refractivity contribution < 1.29 is 9.53 Å². The van der Waals surface area contributed by atoms with Gasteiger partial charge in [-0.25, -0.2) is 0 Å². The normalized spacial score (nSPS) is 14.6. The molecule has 2 aromatic rings. The first kappa shape index (κ1) is 16.6. The third kappa shape index (κ3) is 3.97. The van der Waals surface area contributed by atoms with Gasteiger partial charge in [0.05, 0.1) is 0 Å². The highest BCUT2D eigenvalue weighted by atomic mass is 16.5. The van der Waals surface area contributed by atoms with Crippen LogP contribution in [-0.4, -0.2) is 12.0 Å². The van der Waals surface area contributed by atoms with E-state index in [-0.39, 0.29) is 5.91 Å². The van der Waals surface area contributed by atoms with E-state index in [9.17, 15) is 4.79 Å². The molecule has 3 rings (SSSR count). The Morgan fingerprint density at radius 1 is 1.17 bits per heavy atom. The van der Waals surface area contributed by atoms with Crippen LogP contribution in [0.15, 0.2) is 42.5 Å². The Hall–Kier alpha value is -2.29. The van der Waals surface area contributed by atoms with E-state index in [1.54, 1.807) is 0 Å². The maximum absolute atomic E-state index is 12.3. The van der Waals surface area contributed by atoms with Crippen LogP contribution in [0, 0.1) is 6.92 Å². The molecular formula is C21H25NO2. The predicted molar refractivity (Wildman–Crippen MR) is 96.2 cm³/mol. The van der Waals surface area contributed by atoms with Crippen LogP contribution in [0.5, 0.6) is 5.75 Å². The summed E-state index contributed by atoms with van der Waals surface area (Å²) in [5.41, 5.74) is 4.95. The fraction of sp³-hybridized carbons (Fsp3) is 0.381. The number of fused-ring (bicyclic) bond motifs is 1. The minimum absolute atomic E-state index is 0.0788. The van der Waals surface area contributed by atoms with Crippen molar-refractivity contribution in [3.05, 3.63) is 64.7 Å². The lowest BCUT2D eigenvalue weighted by Gasteiger charge is -2.22. The molecule has 2 aromatic carbocycles. The average Bonchev–Trinajstić information content (AvgIpc) is 2.60. The standard InChI is InChI=1S/C21H25NO2/c1-15-7-5-8-17(13-15)14-22-21(23)16(2)24-20-12-6-10-18-9-3-4-11-19(18)20/h5-8,10,12-13,16H,3-4,9,11,14H2,1-2H3,(H,22,23). The van der Waals surface area contributed by atoms with E-state index in [2.05, 4.69) is 30.4 Å². The van der Waals surface area contributed by atoms with E-state index in [1.165, 1.54) is 29.5 Å². The van der Waals surface area contributed by atoms with Crippen LogP contribution in [0.2, 0.25) is 0 Å². The molecule has 0 spiro atoms. The summed E-state index contributed by atoms with van der Waals surface area (Å²) in [5, 5.41) is 2.96. The molecule has 0 aromatic heterocycles. The van der Waals surface area contributed by atoms with Gasteiger partial charge in [-0.3, -0.25) is 4.79 Å². The summed E-state index contributed by atoms with van der Waals surface area (Å²) < 4.78 is 5.97. The second kappa shape index (κ2) is 7.52.